The van der Waals surface area contributed by atoms with E-state index in [-0.39, 0.29) is 39.1 Å². The first-order valence-electron chi connectivity index (χ1n) is 8.04. The molecule has 0 fully saturated rings. The van der Waals surface area contributed by atoms with Crippen molar-refractivity contribution in [2.45, 2.75) is 6.42 Å². The molecule has 0 saturated heterocycles. The molecule has 0 radical (unpaired) electrons. The second-order valence-corrected chi connectivity index (χ2v) is 6.47. The van der Waals surface area contributed by atoms with E-state index in [2.05, 4.69) is 9.47 Å². The summed E-state index contributed by atoms with van der Waals surface area (Å²) in [6.45, 7) is 0. The minimum absolute atomic E-state index is 0.00106. The smallest absolute Gasteiger partial charge is 0.341 e. The topological polar surface area (TPSA) is 112 Å². The second-order valence-electron chi connectivity index (χ2n) is 5.72. The van der Waals surface area contributed by atoms with E-state index >= 15 is 0 Å². The number of halogens is 2. The predicted molar refractivity (Wildman–Crippen MR) is 105 cm³/mol. The maximum Gasteiger partial charge on any atom is 0.341 e. The molecule has 0 aliphatic carbocycles. The highest BCUT2D eigenvalue weighted by Gasteiger charge is 2.26. The van der Waals surface area contributed by atoms with Crippen LogP contribution in [0.15, 0.2) is 12.1 Å². The molecule has 0 spiro atoms. The molecular formula is C19H18Cl2O8. The van der Waals surface area contributed by atoms with E-state index < -0.39 is 23.4 Å². The number of benzene rings is 2. The summed E-state index contributed by atoms with van der Waals surface area (Å²) in [7, 11) is 4.87. The molecule has 0 atom stereocenters. The molecule has 0 bridgehead atoms. The zero-order chi connectivity index (χ0) is 21.9. The highest BCUT2D eigenvalue weighted by molar-refractivity contribution is 6.34. The van der Waals surface area contributed by atoms with Crippen LogP contribution in [0.4, 0.5) is 0 Å². The quantitative estimate of drug-likeness (QED) is 0.650. The molecule has 0 heterocycles. The Labute approximate surface area is 176 Å². The molecule has 2 aromatic carbocycles. The van der Waals surface area contributed by atoms with Crippen LogP contribution in [0.5, 0.6) is 23.0 Å². The monoisotopic (exact) mass is 444 g/mol. The van der Waals surface area contributed by atoms with Crippen LogP contribution in [0.3, 0.4) is 0 Å². The second kappa shape index (κ2) is 9.11. The number of aromatic hydroxyl groups is 2. The van der Waals surface area contributed by atoms with Gasteiger partial charge in [0.05, 0.1) is 38.5 Å². The Morgan fingerprint density at radius 2 is 1.14 bits per heavy atom. The maximum absolute atomic E-state index is 12.0. The fourth-order valence-corrected chi connectivity index (χ4v) is 3.30. The molecular weight excluding hydrogens is 427 g/mol. The summed E-state index contributed by atoms with van der Waals surface area (Å²) in [4.78, 5) is 24.0. The van der Waals surface area contributed by atoms with Gasteiger partial charge in [-0.2, -0.15) is 0 Å². The first-order valence-corrected chi connectivity index (χ1v) is 8.80. The molecule has 2 aromatic rings. The number of phenolic OH excluding ortho intramolecular Hbond substituents is 2. The Balaban J connectivity index is 2.70. The largest absolute Gasteiger partial charge is 0.504 e. The van der Waals surface area contributed by atoms with E-state index in [9.17, 15) is 19.8 Å². The Kier molecular flexibility index (Phi) is 7.05. The van der Waals surface area contributed by atoms with Gasteiger partial charge in [0, 0.05) is 6.42 Å². The van der Waals surface area contributed by atoms with Crippen molar-refractivity contribution < 1.29 is 38.7 Å². The molecule has 0 unspecified atom stereocenters. The van der Waals surface area contributed by atoms with E-state index in [1.165, 1.54) is 26.4 Å². The third-order valence-corrected chi connectivity index (χ3v) is 4.97. The van der Waals surface area contributed by atoms with Crippen molar-refractivity contribution in [2.75, 3.05) is 28.4 Å². The maximum atomic E-state index is 12.0. The van der Waals surface area contributed by atoms with Gasteiger partial charge in [0.1, 0.15) is 11.1 Å². The standard InChI is InChI=1S/C19H18Cl2O8/c1-26-16-12(20)8(6-10(14(16)22)18(24)28-3)5-9-7-11(19(25)29-4)15(23)17(27-2)13(9)21/h6-7,22-23H,5H2,1-4H3. The normalized spacial score (nSPS) is 10.4. The van der Waals surface area contributed by atoms with E-state index in [1.807, 2.05) is 0 Å². The van der Waals surface area contributed by atoms with E-state index in [4.69, 9.17) is 32.7 Å². The summed E-state index contributed by atoms with van der Waals surface area (Å²) < 4.78 is 19.5. The summed E-state index contributed by atoms with van der Waals surface area (Å²) in [6.07, 6.45) is -0.00106. The number of ether oxygens (including phenoxy) is 4. The van der Waals surface area contributed by atoms with Gasteiger partial charge >= 0.3 is 11.9 Å². The Hall–Kier alpha value is -2.84. The number of rotatable bonds is 6. The van der Waals surface area contributed by atoms with Gasteiger partial charge in [0.15, 0.2) is 23.0 Å². The Morgan fingerprint density at radius 3 is 1.41 bits per heavy atom. The summed E-state index contributed by atoms with van der Waals surface area (Å²) in [5.41, 5.74) is 0.344. The summed E-state index contributed by atoms with van der Waals surface area (Å²) in [5, 5.41) is 20.5. The average molecular weight is 445 g/mol. The van der Waals surface area contributed by atoms with Crippen LogP contribution >= 0.6 is 23.2 Å². The Bertz CT molecular complexity index is 894. The van der Waals surface area contributed by atoms with Crippen molar-refractivity contribution >= 4 is 35.1 Å². The van der Waals surface area contributed by atoms with Gasteiger partial charge in [0.25, 0.3) is 0 Å². The van der Waals surface area contributed by atoms with Gasteiger partial charge in [-0.3, -0.25) is 0 Å². The first kappa shape index (κ1) is 22.4. The van der Waals surface area contributed by atoms with Crippen molar-refractivity contribution in [3.63, 3.8) is 0 Å². The molecule has 2 rings (SSSR count). The fourth-order valence-electron chi connectivity index (χ4n) is 2.72. The van der Waals surface area contributed by atoms with E-state index in [0.717, 1.165) is 14.2 Å². The summed E-state index contributed by atoms with van der Waals surface area (Å²) >= 11 is 12.6. The van der Waals surface area contributed by atoms with Crippen molar-refractivity contribution in [3.8, 4) is 23.0 Å². The van der Waals surface area contributed by atoms with Crippen molar-refractivity contribution in [1.29, 1.82) is 0 Å². The number of hydrogen-bond acceptors (Lipinski definition) is 8. The minimum atomic E-state index is -0.802. The fraction of sp³-hybridized carbons (Fsp3) is 0.263. The van der Waals surface area contributed by atoms with Gasteiger partial charge in [-0.05, 0) is 23.3 Å². The molecule has 2 N–H and O–H groups in total. The molecule has 0 aromatic heterocycles. The van der Waals surface area contributed by atoms with E-state index in [0.29, 0.717) is 11.1 Å². The van der Waals surface area contributed by atoms with Crippen LogP contribution < -0.4 is 9.47 Å². The molecule has 29 heavy (non-hydrogen) atoms. The summed E-state index contributed by atoms with van der Waals surface area (Å²) in [5.74, 6) is -2.80. The molecule has 0 aliphatic rings. The molecule has 0 amide bonds. The van der Waals surface area contributed by atoms with Gasteiger partial charge < -0.3 is 29.2 Å². The lowest BCUT2D eigenvalue weighted by molar-refractivity contribution is 0.0587. The van der Waals surface area contributed by atoms with Gasteiger partial charge in [-0.25, -0.2) is 9.59 Å². The van der Waals surface area contributed by atoms with Crippen LogP contribution in [-0.2, 0) is 15.9 Å². The summed E-state index contributed by atoms with van der Waals surface area (Å²) in [6, 6.07) is 2.64. The number of carbonyl (C=O) groups excluding carboxylic acids is 2. The molecule has 10 heteroatoms. The SMILES string of the molecule is COC(=O)c1cc(Cc2cc(C(=O)OC)c(O)c(OC)c2Cl)c(Cl)c(OC)c1O. The third kappa shape index (κ3) is 4.13. The lowest BCUT2D eigenvalue weighted by Crippen LogP contribution is -2.07. The number of hydrogen-bond donors (Lipinski definition) is 2. The third-order valence-electron chi connectivity index (χ3n) is 4.14. The minimum Gasteiger partial charge on any atom is -0.504 e. The van der Waals surface area contributed by atoms with Crippen LogP contribution in [0, 0.1) is 0 Å². The first-order chi connectivity index (χ1) is 13.7. The van der Waals surface area contributed by atoms with Crippen molar-refractivity contribution in [2.24, 2.45) is 0 Å². The molecule has 0 saturated carbocycles. The van der Waals surface area contributed by atoms with Gasteiger partial charge in [-0.15, -0.1) is 0 Å². The van der Waals surface area contributed by atoms with Crippen LogP contribution in [0.1, 0.15) is 31.8 Å². The van der Waals surface area contributed by atoms with Crippen LogP contribution in [-0.4, -0.2) is 50.6 Å². The number of carbonyl (C=O) groups is 2. The lowest BCUT2D eigenvalue weighted by Gasteiger charge is -2.17. The van der Waals surface area contributed by atoms with Crippen molar-refractivity contribution in [1.82, 2.24) is 0 Å². The average Bonchev–Trinajstić information content (AvgIpc) is 2.71. The molecule has 156 valence electrons. The Morgan fingerprint density at radius 1 is 0.793 bits per heavy atom. The highest BCUT2D eigenvalue weighted by Crippen LogP contribution is 2.44. The number of esters is 2. The van der Waals surface area contributed by atoms with E-state index in [1.54, 1.807) is 0 Å². The molecule has 0 aliphatic heterocycles. The lowest BCUT2D eigenvalue weighted by atomic mass is 9.98. The van der Waals surface area contributed by atoms with Gasteiger partial charge in [0.2, 0.25) is 0 Å². The zero-order valence-electron chi connectivity index (χ0n) is 16.0. The van der Waals surface area contributed by atoms with Gasteiger partial charge in [-0.1, -0.05) is 23.2 Å². The zero-order valence-corrected chi connectivity index (χ0v) is 17.5. The van der Waals surface area contributed by atoms with Crippen LogP contribution in [0.25, 0.3) is 0 Å². The van der Waals surface area contributed by atoms with Crippen molar-refractivity contribution in [3.05, 3.63) is 44.4 Å². The highest BCUT2D eigenvalue weighted by atomic mass is 35.5. The predicted octanol–water partition coefficient (Wildman–Crippen LogP) is 3.59. The number of methoxy groups -OCH3 is 4. The number of phenols is 2. The van der Waals surface area contributed by atoms with Crippen LogP contribution in [0.2, 0.25) is 10.0 Å². The molecule has 8 nitrogen and oxygen atoms in total.